The number of amides is 1. The zero-order chi connectivity index (χ0) is 20.7. The fourth-order valence-corrected chi connectivity index (χ4v) is 6.47. The minimum absolute atomic E-state index is 0.00845. The van der Waals surface area contributed by atoms with Gasteiger partial charge in [0.05, 0.1) is 5.92 Å². The summed E-state index contributed by atoms with van der Waals surface area (Å²) < 4.78 is 0. The van der Waals surface area contributed by atoms with Crippen molar-refractivity contribution in [2.75, 3.05) is 19.6 Å². The van der Waals surface area contributed by atoms with E-state index in [1.807, 2.05) is 0 Å². The lowest BCUT2D eigenvalue weighted by Gasteiger charge is -2.44. The zero-order valence-electron chi connectivity index (χ0n) is 18.3. The van der Waals surface area contributed by atoms with Gasteiger partial charge < -0.3 is 10.2 Å². The molecule has 2 aromatic carbocycles. The van der Waals surface area contributed by atoms with Gasteiger partial charge in [0.1, 0.15) is 0 Å². The van der Waals surface area contributed by atoms with Gasteiger partial charge in [-0.2, -0.15) is 0 Å². The molecule has 3 nitrogen and oxygen atoms in total. The second kappa shape index (κ2) is 7.85. The molecule has 2 aromatic rings. The largest absolute Gasteiger partial charge is 0.339 e. The van der Waals surface area contributed by atoms with Crippen LogP contribution in [0.4, 0.5) is 0 Å². The van der Waals surface area contributed by atoms with E-state index in [4.69, 9.17) is 0 Å². The smallest absolute Gasteiger partial charge is 0.228 e. The van der Waals surface area contributed by atoms with Crippen LogP contribution in [0.5, 0.6) is 0 Å². The van der Waals surface area contributed by atoms with E-state index in [1.165, 1.54) is 16.7 Å². The van der Waals surface area contributed by atoms with Crippen LogP contribution >= 0.6 is 0 Å². The second-order valence-electron chi connectivity index (χ2n) is 9.97. The molecule has 2 heterocycles. The molecule has 1 aliphatic carbocycles. The van der Waals surface area contributed by atoms with E-state index < -0.39 is 0 Å². The van der Waals surface area contributed by atoms with E-state index in [-0.39, 0.29) is 11.3 Å². The molecule has 4 atom stereocenters. The number of benzene rings is 2. The Labute approximate surface area is 180 Å². The third-order valence-electron chi connectivity index (χ3n) is 8.12. The summed E-state index contributed by atoms with van der Waals surface area (Å²) in [5.41, 5.74) is 4.29. The van der Waals surface area contributed by atoms with Crippen molar-refractivity contribution in [3.05, 3.63) is 71.3 Å². The van der Waals surface area contributed by atoms with Crippen LogP contribution in [0, 0.1) is 11.8 Å². The van der Waals surface area contributed by atoms with Crippen molar-refractivity contribution in [3.8, 4) is 0 Å². The molecule has 1 N–H and O–H groups in total. The fraction of sp³-hybridized carbons (Fsp3) is 0.519. The molecule has 2 saturated heterocycles. The summed E-state index contributed by atoms with van der Waals surface area (Å²) in [6.45, 7) is 7.21. The Morgan fingerprint density at radius 3 is 2.67 bits per heavy atom. The van der Waals surface area contributed by atoms with Crippen molar-refractivity contribution >= 4 is 5.91 Å². The van der Waals surface area contributed by atoms with Gasteiger partial charge in [-0.1, -0.05) is 68.4 Å². The van der Waals surface area contributed by atoms with E-state index in [1.54, 1.807) is 0 Å². The molecular weight excluding hydrogens is 368 g/mol. The van der Waals surface area contributed by atoms with E-state index in [0.29, 0.717) is 23.8 Å². The van der Waals surface area contributed by atoms with Gasteiger partial charge in [-0.3, -0.25) is 4.79 Å². The summed E-state index contributed by atoms with van der Waals surface area (Å²) in [6, 6.07) is 20.0. The first-order valence-corrected chi connectivity index (χ1v) is 11.7. The molecular formula is C27H34N2O. The standard InChI is InChI=1S/C27H34N2O/c1-19(2)25-16-22(20-8-4-3-5-9-20)13-15-29(25)26(30)24-17-28-18-27(24)14-12-21-10-6-7-11-23(21)27/h3-11,19,22,24-25,28H,12-18H2,1-2H3/t22-,24+,25?,27+/m1/s1. The van der Waals surface area contributed by atoms with Gasteiger partial charge >= 0.3 is 0 Å². The Kier molecular flexibility index (Phi) is 5.18. The van der Waals surface area contributed by atoms with Crippen LogP contribution in [-0.2, 0) is 16.6 Å². The number of piperidine rings is 1. The summed E-state index contributed by atoms with van der Waals surface area (Å²) in [5.74, 6) is 1.49. The van der Waals surface area contributed by atoms with Crippen molar-refractivity contribution < 1.29 is 4.79 Å². The highest BCUT2D eigenvalue weighted by molar-refractivity contribution is 5.82. The molecule has 2 fully saturated rings. The van der Waals surface area contributed by atoms with Crippen molar-refractivity contribution in [2.24, 2.45) is 11.8 Å². The third kappa shape index (κ3) is 3.19. The molecule has 1 amide bonds. The van der Waals surface area contributed by atoms with E-state index in [0.717, 1.165) is 45.3 Å². The third-order valence-corrected chi connectivity index (χ3v) is 8.12. The minimum Gasteiger partial charge on any atom is -0.339 e. The molecule has 158 valence electrons. The number of hydrogen-bond acceptors (Lipinski definition) is 2. The molecule has 30 heavy (non-hydrogen) atoms. The summed E-state index contributed by atoms with van der Waals surface area (Å²) in [7, 11) is 0. The number of likely N-dealkylation sites (tertiary alicyclic amines) is 1. The van der Waals surface area contributed by atoms with Crippen LogP contribution in [0.2, 0.25) is 0 Å². The van der Waals surface area contributed by atoms with Crippen molar-refractivity contribution in [3.63, 3.8) is 0 Å². The first-order valence-electron chi connectivity index (χ1n) is 11.7. The maximum Gasteiger partial charge on any atom is 0.228 e. The predicted molar refractivity (Wildman–Crippen MR) is 122 cm³/mol. The van der Waals surface area contributed by atoms with Crippen LogP contribution in [0.1, 0.15) is 55.7 Å². The maximum absolute atomic E-state index is 14.0. The maximum atomic E-state index is 14.0. The van der Waals surface area contributed by atoms with Gasteiger partial charge in [-0.15, -0.1) is 0 Å². The van der Waals surface area contributed by atoms with E-state index in [9.17, 15) is 4.79 Å². The van der Waals surface area contributed by atoms with Crippen molar-refractivity contribution in [1.82, 2.24) is 10.2 Å². The average molecular weight is 403 g/mol. The molecule has 3 heteroatoms. The Morgan fingerprint density at radius 1 is 1.10 bits per heavy atom. The highest BCUT2D eigenvalue weighted by atomic mass is 16.2. The number of hydrogen-bond donors (Lipinski definition) is 1. The molecule has 5 rings (SSSR count). The Balaban J connectivity index is 1.40. The molecule has 1 unspecified atom stereocenters. The van der Waals surface area contributed by atoms with Crippen molar-refractivity contribution in [2.45, 2.75) is 56.9 Å². The van der Waals surface area contributed by atoms with E-state index >= 15 is 0 Å². The van der Waals surface area contributed by atoms with Gasteiger partial charge in [-0.25, -0.2) is 0 Å². The van der Waals surface area contributed by atoms with Crippen LogP contribution in [-0.4, -0.2) is 36.5 Å². The highest BCUT2D eigenvalue weighted by Crippen LogP contribution is 2.48. The lowest BCUT2D eigenvalue weighted by Crippen LogP contribution is -2.53. The number of aryl methyl sites for hydroxylation is 1. The minimum atomic E-state index is -0.00845. The second-order valence-corrected chi connectivity index (χ2v) is 9.97. The molecule has 3 aliphatic rings. The Hall–Kier alpha value is -2.13. The van der Waals surface area contributed by atoms with Crippen LogP contribution in [0.15, 0.2) is 54.6 Å². The number of carbonyl (C=O) groups excluding carboxylic acids is 1. The number of nitrogens with one attached hydrogen (secondary N) is 1. The first-order chi connectivity index (χ1) is 14.6. The van der Waals surface area contributed by atoms with Crippen LogP contribution in [0.3, 0.4) is 0 Å². The topological polar surface area (TPSA) is 32.3 Å². The monoisotopic (exact) mass is 402 g/mol. The normalized spacial score (nSPS) is 30.8. The number of carbonyl (C=O) groups is 1. The average Bonchev–Trinajstić information content (AvgIpc) is 3.38. The zero-order valence-corrected chi connectivity index (χ0v) is 18.3. The molecule has 0 aromatic heterocycles. The summed E-state index contributed by atoms with van der Waals surface area (Å²) in [4.78, 5) is 16.3. The van der Waals surface area contributed by atoms with Gasteiger partial charge in [0.15, 0.2) is 0 Å². The van der Waals surface area contributed by atoms with Crippen LogP contribution in [0.25, 0.3) is 0 Å². The quantitative estimate of drug-likeness (QED) is 0.819. The van der Waals surface area contributed by atoms with Gasteiger partial charge in [0, 0.05) is 31.1 Å². The molecule has 1 spiro atoms. The number of nitrogens with zero attached hydrogens (tertiary/aromatic N) is 1. The fourth-order valence-electron chi connectivity index (χ4n) is 6.47. The number of rotatable bonds is 3. The Morgan fingerprint density at radius 2 is 1.87 bits per heavy atom. The molecule has 0 saturated carbocycles. The summed E-state index contributed by atoms with van der Waals surface area (Å²) in [5, 5.41) is 3.60. The summed E-state index contributed by atoms with van der Waals surface area (Å²) in [6.07, 6.45) is 4.35. The van der Waals surface area contributed by atoms with Crippen LogP contribution < -0.4 is 5.32 Å². The van der Waals surface area contributed by atoms with E-state index in [2.05, 4.69) is 78.7 Å². The predicted octanol–water partition coefficient (Wildman–Crippen LogP) is 4.52. The van der Waals surface area contributed by atoms with Gasteiger partial charge in [0.2, 0.25) is 5.91 Å². The SMILES string of the molecule is CC(C)C1C[C@H](c2ccccc2)CCN1C(=O)[C@@H]1CNC[C@]12CCc1ccccc12. The molecule has 0 radical (unpaired) electrons. The Bertz CT molecular complexity index is 908. The lowest BCUT2D eigenvalue weighted by atomic mass is 9.72. The number of fused-ring (bicyclic) bond motifs is 2. The first kappa shape index (κ1) is 19.8. The molecule has 0 bridgehead atoms. The van der Waals surface area contributed by atoms with Gasteiger partial charge in [0.25, 0.3) is 0 Å². The highest BCUT2D eigenvalue weighted by Gasteiger charge is 2.53. The lowest BCUT2D eigenvalue weighted by molar-refractivity contribution is -0.142. The molecule has 2 aliphatic heterocycles. The van der Waals surface area contributed by atoms with Crippen molar-refractivity contribution in [1.29, 1.82) is 0 Å². The summed E-state index contributed by atoms with van der Waals surface area (Å²) >= 11 is 0. The van der Waals surface area contributed by atoms with Gasteiger partial charge in [-0.05, 0) is 54.2 Å².